The number of alkyl carbamates (subject to hydrolysis) is 1. The second-order valence-electron chi connectivity index (χ2n) is 11.8. The lowest BCUT2D eigenvalue weighted by Crippen LogP contribution is -2.50. The lowest BCUT2D eigenvalue weighted by Gasteiger charge is -2.29. The summed E-state index contributed by atoms with van der Waals surface area (Å²) >= 11 is 12.6. The first-order chi connectivity index (χ1) is 20.8. The summed E-state index contributed by atoms with van der Waals surface area (Å²) in [7, 11) is -3.81. The Morgan fingerprint density at radius 1 is 1.18 bits per heavy atom. The number of aromatic amines is 1. The molecule has 1 aliphatic heterocycles. The summed E-state index contributed by atoms with van der Waals surface area (Å²) in [6, 6.07) is 3.18. The van der Waals surface area contributed by atoms with Gasteiger partial charge in [-0.3, -0.25) is 9.36 Å². The van der Waals surface area contributed by atoms with E-state index in [2.05, 4.69) is 15.6 Å². The number of H-pyrrole nitrogens is 1. The van der Waals surface area contributed by atoms with Gasteiger partial charge < -0.3 is 20.4 Å². The molecule has 3 N–H and O–H groups in total. The Balaban J connectivity index is 1.86. The summed E-state index contributed by atoms with van der Waals surface area (Å²) < 4.78 is 74.9. The minimum atomic E-state index is -4.98. The van der Waals surface area contributed by atoms with E-state index in [1.807, 2.05) is 0 Å². The van der Waals surface area contributed by atoms with E-state index in [1.54, 1.807) is 20.8 Å². The van der Waals surface area contributed by atoms with Gasteiger partial charge in [-0.05, 0) is 82.0 Å². The maximum absolute atomic E-state index is 14.5. The molecule has 16 heteroatoms. The molecule has 0 saturated carbocycles. The SMILES string of the molecule is CCS(=O)(=O)c1ccc(Cl)cc1Cn1c(=O)[nH]c2c(Cl)c(C[C@@H](NC(=O)OC(C)(C)C)C3CCCN3)c(C(F)(F)F)cc2c1=O. The standard InChI is InChI=1S/C29H33Cl2F3N4O6S/c1-5-45(42,43)22-9-8-16(30)11-15(22)14-38-25(39)18-12-19(29(32,33)34)17(23(31)24(18)37-26(38)40)13-21(20-7-6-10-35-20)36-27(41)44-28(2,3)4/h8-9,11-12,20-21,35H,5-7,10,13-14H2,1-4H3,(H,36,41)(H,37,40)/t20?,21-/m1/s1. The molecule has 0 aliphatic carbocycles. The molecular weight excluding hydrogens is 660 g/mol. The van der Waals surface area contributed by atoms with Crippen molar-refractivity contribution in [1.82, 2.24) is 20.2 Å². The van der Waals surface area contributed by atoms with Crippen LogP contribution in [0.25, 0.3) is 10.9 Å². The number of carbonyl (C=O) groups is 1. The Kier molecular flexibility index (Phi) is 10.0. The van der Waals surface area contributed by atoms with Crippen molar-refractivity contribution in [3.05, 3.63) is 71.8 Å². The van der Waals surface area contributed by atoms with Crippen molar-refractivity contribution in [2.24, 2.45) is 0 Å². The number of nitrogens with one attached hydrogen (secondary N) is 3. The number of aromatic nitrogens is 2. The summed E-state index contributed by atoms with van der Waals surface area (Å²) in [6.45, 7) is 6.37. The zero-order chi connectivity index (χ0) is 33.5. The van der Waals surface area contributed by atoms with Gasteiger partial charge in [0.1, 0.15) is 5.60 Å². The van der Waals surface area contributed by atoms with Gasteiger partial charge in [-0.25, -0.2) is 18.0 Å². The van der Waals surface area contributed by atoms with Crippen LogP contribution in [-0.2, 0) is 33.7 Å². The molecule has 4 rings (SSSR count). The highest BCUT2D eigenvalue weighted by Gasteiger charge is 2.38. The Labute approximate surface area is 267 Å². The van der Waals surface area contributed by atoms with E-state index in [1.165, 1.54) is 25.1 Å². The van der Waals surface area contributed by atoms with Crippen molar-refractivity contribution in [3.8, 4) is 0 Å². The predicted molar refractivity (Wildman–Crippen MR) is 165 cm³/mol. The number of halogens is 5. The van der Waals surface area contributed by atoms with Crippen LogP contribution in [-0.4, -0.2) is 54.0 Å². The molecule has 3 aromatic rings. The molecule has 1 aromatic heterocycles. The number of hydrogen-bond donors (Lipinski definition) is 3. The fourth-order valence-corrected chi connectivity index (χ4v) is 6.95. The third-order valence-corrected chi connectivity index (χ3v) is 9.88. The van der Waals surface area contributed by atoms with Gasteiger partial charge in [0, 0.05) is 11.1 Å². The number of fused-ring (bicyclic) bond motifs is 1. The average Bonchev–Trinajstić information content (AvgIpc) is 3.45. The molecule has 10 nitrogen and oxygen atoms in total. The van der Waals surface area contributed by atoms with Crippen LogP contribution in [0.5, 0.6) is 0 Å². The third kappa shape index (κ3) is 7.84. The predicted octanol–water partition coefficient (Wildman–Crippen LogP) is 5.05. The van der Waals surface area contributed by atoms with E-state index in [4.69, 9.17) is 27.9 Å². The van der Waals surface area contributed by atoms with Crippen LogP contribution >= 0.6 is 23.2 Å². The number of hydrogen-bond acceptors (Lipinski definition) is 7. The molecule has 45 heavy (non-hydrogen) atoms. The van der Waals surface area contributed by atoms with E-state index in [0.717, 1.165) is 6.42 Å². The van der Waals surface area contributed by atoms with E-state index >= 15 is 0 Å². The zero-order valence-electron chi connectivity index (χ0n) is 24.9. The zero-order valence-corrected chi connectivity index (χ0v) is 27.2. The molecule has 246 valence electrons. The molecule has 1 unspecified atom stereocenters. The van der Waals surface area contributed by atoms with E-state index in [0.29, 0.717) is 23.6 Å². The van der Waals surface area contributed by atoms with E-state index in [-0.39, 0.29) is 26.8 Å². The van der Waals surface area contributed by atoms with Crippen molar-refractivity contribution in [1.29, 1.82) is 0 Å². The number of amides is 1. The molecule has 1 amide bonds. The van der Waals surface area contributed by atoms with Crippen molar-refractivity contribution in [2.45, 2.75) is 82.3 Å². The number of ether oxygens (including phenoxy) is 1. The van der Waals surface area contributed by atoms with Crippen molar-refractivity contribution >= 4 is 50.0 Å². The largest absolute Gasteiger partial charge is 0.444 e. The first-order valence-electron chi connectivity index (χ1n) is 14.1. The van der Waals surface area contributed by atoms with E-state index < -0.39 is 85.5 Å². The first-order valence-corrected chi connectivity index (χ1v) is 16.5. The Bertz CT molecular complexity index is 1850. The topological polar surface area (TPSA) is 139 Å². The van der Waals surface area contributed by atoms with Gasteiger partial charge in [-0.15, -0.1) is 0 Å². The molecule has 2 atom stereocenters. The van der Waals surface area contributed by atoms with Crippen LogP contribution in [0.3, 0.4) is 0 Å². The van der Waals surface area contributed by atoms with Crippen molar-refractivity contribution in [3.63, 3.8) is 0 Å². The number of rotatable bonds is 8. The summed E-state index contributed by atoms with van der Waals surface area (Å²) in [4.78, 5) is 41.6. The van der Waals surface area contributed by atoms with Crippen LogP contribution in [0.2, 0.25) is 10.0 Å². The fraction of sp³-hybridized carbons (Fsp3) is 0.483. The molecule has 1 aliphatic rings. The highest BCUT2D eigenvalue weighted by atomic mass is 35.5. The molecule has 0 spiro atoms. The highest BCUT2D eigenvalue weighted by Crippen LogP contribution is 2.39. The molecular formula is C29H33Cl2F3N4O6S. The van der Waals surface area contributed by atoms with Gasteiger partial charge >= 0.3 is 18.0 Å². The molecule has 0 radical (unpaired) electrons. The maximum atomic E-state index is 14.5. The van der Waals surface area contributed by atoms with Crippen molar-refractivity contribution < 1.29 is 31.1 Å². The van der Waals surface area contributed by atoms with Gasteiger partial charge in [0.15, 0.2) is 9.84 Å². The summed E-state index contributed by atoms with van der Waals surface area (Å²) in [5.74, 6) is -0.280. The van der Waals surface area contributed by atoms with Crippen LogP contribution in [0.15, 0.2) is 38.8 Å². The summed E-state index contributed by atoms with van der Waals surface area (Å²) in [5.41, 5.74) is -4.97. The number of alkyl halides is 3. The van der Waals surface area contributed by atoms with Crippen LogP contribution in [0, 0.1) is 0 Å². The first kappa shape index (κ1) is 34.8. The minimum Gasteiger partial charge on any atom is -0.444 e. The average molecular weight is 694 g/mol. The van der Waals surface area contributed by atoms with Gasteiger partial charge in [0.25, 0.3) is 5.56 Å². The van der Waals surface area contributed by atoms with Gasteiger partial charge in [0.05, 0.1) is 44.7 Å². The molecule has 0 bridgehead atoms. The number of carbonyl (C=O) groups excluding carboxylic acids is 1. The smallest absolute Gasteiger partial charge is 0.416 e. The van der Waals surface area contributed by atoms with Gasteiger partial charge in [-0.1, -0.05) is 30.1 Å². The summed E-state index contributed by atoms with van der Waals surface area (Å²) in [6.07, 6.45) is -4.90. The Hall–Kier alpha value is -3.07. The number of benzene rings is 2. The molecule has 2 aromatic carbocycles. The summed E-state index contributed by atoms with van der Waals surface area (Å²) in [5, 5.41) is 4.92. The number of sulfone groups is 1. The monoisotopic (exact) mass is 692 g/mol. The van der Waals surface area contributed by atoms with Gasteiger partial charge in [0.2, 0.25) is 0 Å². The minimum absolute atomic E-state index is 0.00943. The third-order valence-electron chi connectivity index (χ3n) is 7.40. The maximum Gasteiger partial charge on any atom is 0.416 e. The lowest BCUT2D eigenvalue weighted by atomic mass is 9.93. The molecule has 1 saturated heterocycles. The Morgan fingerprint density at radius 3 is 2.44 bits per heavy atom. The van der Waals surface area contributed by atoms with Crippen LogP contribution in [0.4, 0.5) is 18.0 Å². The lowest BCUT2D eigenvalue weighted by molar-refractivity contribution is -0.138. The quantitative estimate of drug-likeness (QED) is 0.300. The highest BCUT2D eigenvalue weighted by molar-refractivity contribution is 7.91. The van der Waals surface area contributed by atoms with Crippen LogP contribution < -0.4 is 21.9 Å². The van der Waals surface area contributed by atoms with Crippen molar-refractivity contribution in [2.75, 3.05) is 12.3 Å². The second-order valence-corrected chi connectivity index (χ2v) is 14.8. The molecule has 2 heterocycles. The normalized spacial score (nSPS) is 16.6. The fourth-order valence-electron chi connectivity index (χ4n) is 5.32. The second kappa shape index (κ2) is 13.0. The number of nitrogens with zero attached hydrogens (tertiary/aromatic N) is 1. The molecule has 1 fully saturated rings. The Morgan fingerprint density at radius 2 is 1.87 bits per heavy atom. The van der Waals surface area contributed by atoms with Crippen LogP contribution in [0.1, 0.15) is 57.2 Å². The van der Waals surface area contributed by atoms with E-state index in [9.17, 15) is 36.0 Å². The van der Waals surface area contributed by atoms with Gasteiger partial charge in [-0.2, -0.15) is 13.2 Å².